The third kappa shape index (κ3) is 4.84. The minimum atomic E-state index is -5.02. The number of carbonyl (C=O) groups excluding carboxylic acids is 2. The minimum Gasteiger partial charge on any atom is -0.339 e. The summed E-state index contributed by atoms with van der Waals surface area (Å²) in [6, 6.07) is 17.6. The van der Waals surface area contributed by atoms with E-state index in [2.05, 4.69) is 0 Å². The molecule has 2 rings (SSSR count). The average molecular weight is 336 g/mol. The fourth-order valence-electron chi connectivity index (χ4n) is 2.05. The van der Waals surface area contributed by atoms with Crippen LogP contribution in [0.25, 0.3) is 0 Å². The van der Waals surface area contributed by atoms with Crippen LogP contribution in [0, 0.1) is 0 Å². The third-order valence-corrected chi connectivity index (χ3v) is 3.21. The predicted octanol–water partition coefficient (Wildman–Crippen LogP) is 2.90. The zero-order chi connectivity index (χ0) is 17.6. The molecule has 1 N–H and O–H groups in total. The van der Waals surface area contributed by atoms with Crippen molar-refractivity contribution in [2.45, 2.75) is 12.7 Å². The van der Waals surface area contributed by atoms with E-state index in [1.165, 1.54) is 4.90 Å². The van der Waals surface area contributed by atoms with Crippen molar-refractivity contribution in [3.63, 3.8) is 0 Å². The Hall–Kier alpha value is -2.83. The van der Waals surface area contributed by atoms with Crippen molar-refractivity contribution in [3.05, 3.63) is 66.2 Å². The molecule has 0 radical (unpaired) electrons. The van der Waals surface area contributed by atoms with E-state index in [0.29, 0.717) is 5.69 Å². The van der Waals surface area contributed by atoms with Crippen molar-refractivity contribution in [3.8, 4) is 0 Å². The highest BCUT2D eigenvalue weighted by atomic mass is 19.4. The van der Waals surface area contributed by atoms with Gasteiger partial charge in [-0.25, -0.2) is 0 Å². The molecule has 0 aliphatic heterocycles. The molecular formula is C17H15F3N2O2. The third-order valence-electron chi connectivity index (χ3n) is 3.21. The van der Waals surface area contributed by atoms with Crippen LogP contribution >= 0.6 is 0 Å². The van der Waals surface area contributed by atoms with Gasteiger partial charge in [0.15, 0.2) is 0 Å². The van der Waals surface area contributed by atoms with Crippen molar-refractivity contribution in [2.75, 3.05) is 11.4 Å². The molecule has 2 amide bonds. The smallest absolute Gasteiger partial charge is 0.339 e. The normalized spacial score (nSPS) is 11.0. The average Bonchev–Trinajstić information content (AvgIpc) is 2.58. The van der Waals surface area contributed by atoms with Gasteiger partial charge in [0.05, 0.1) is 13.1 Å². The predicted molar refractivity (Wildman–Crippen MR) is 83.1 cm³/mol. The lowest BCUT2D eigenvalue weighted by Gasteiger charge is -2.23. The Morgan fingerprint density at radius 2 is 1.46 bits per heavy atom. The summed E-state index contributed by atoms with van der Waals surface area (Å²) >= 11 is 0. The maximum absolute atomic E-state index is 12.3. The summed E-state index contributed by atoms with van der Waals surface area (Å²) < 4.78 is 36.7. The van der Waals surface area contributed by atoms with Gasteiger partial charge in [0.25, 0.3) is 0 Å². The Balaban J connectivity index is 2.13. The number of amides is 2. The highest BCUT2D eigenvalue weighted by Gasteiger charge is 2.38. The summed E-state index contributed by atoms with van der Waals surface area (Å²) in [5.41, 5.74) is 1.35. The molecule has 0 saturated heterocycles. The summed E-state index contributed by atoms with van der Waals surface area (Å²) in [5.74, 6) is -2.77. The summed E-state index contributed by atoms with van der Waals surface area (Å²) in [5, 5.41) is 1.60. The Morgan fingerprint density at radius 3 is 2.00 bits per heavy atom. The van der Waals surface area contributed by atoms with E-state index in [4.69, 9.17) is 0 Å². The Kier molecular flexibility index (Phi) is 5.57. The standard InChI is InChI=1S/C17H15F3N2O2/c18-17(19,20)16(24)21-11-15(23)22(14-9-5-2-6-10-14)12-13-7-3-1-4-8-13/h1-10H,11-12H2,(H,21,24). The van der Waals surface area contributed by atoms with Crippen molar-refractivity contribution < 1.29 is 22.8 Å². The van der Waals surface area contributed by atoms with Crippen molar-refractivity contribution in [1.82, 2.24) is 5.32 Å². The van der Waals surface area contributed by atoms with Gasteiger partial charge in [-0.1, -0.05) is 48.5 Å². The first-order valence-corrected chi connectivity index (χ1v) is 7.12. The molecule has 0 unspecified atom stereocenters. The van der Waals surface area contributed by atoms with E-state index >= 15 is 0 Å². The van der Waals surface area contributed by atoms with Gasteiger partial charge in [0, 0.05) is 5.69 Å². The summed E-state index contributed by atoms with van der Waals surface area (Å²) in [6.07, 6.45) is -5.02. The van der Waals surface area contributed by atoms with Gasteiger partial charge in [-0.05, 0) is 17.7 Å². The summed E-state index contributed by atoms with van der Waals surface area (Å²) in [6.45, 7) is -0.550. The highest BCUT2D eigenvalue weighted by molar-refractivity contribution is 5.97. The number of nitrogens with zero attached hydrogens (tertiary/aromatic N) is 1. The topological polar surface area (TPSA) is 49.4 Å². The second kappa shape index (κ2) is 7.63. The molecule has 2 aromatic rings. The molecule has 0 aromatic heterocycles. The number of carbonyl (C=O) groups is 2. The molecule has 0 heterocycles. The number of nitrogens with one attached hydrogen (secondary N) is 1. The Bertz CT molecular complexity index is 688. The number of rotatable bonds is 5. The van der Waals surface area contributed by atoms with Gasteiger partial charge >= 0.3 is 12.1 Å². The van der Waals surface area contributed by atoms with Crippen LogP contribution in [0.4, 0.5) is 18.9 Å². The van der Waals surface area contributed by atoms with Crippen LogP contribution in [0.1, 0.15) is 5.56 Å². The van der Waals surface area contributed by atoms with Gasteiger partial charge in [-0.2, -0.15) is 13.2 Å². The van der Waals surface area contributed by atoms with E-state index in [-0.39, 0.29) is 6.54 Å². The molecule has 0 aliphatic carbocycles. The minimum absolute atomic E-state index is 0.186. The highest BCUT2D eigenvalue weighted by Crippen LogP contribution is 2.18. The van der Waals surface area contributed by atoms with Gasteiger partial charge in [-0.3, -0.25) is 9.59 Å². The largest absolute Gasteiger partial charge is 0.471 e. The first-order chi connectivity index (χ1) is 11.4. The monoisotopic (exact) mass is 336 g/mol. The Morgan fingerprint density at radius 1 is 0.917 bits per heavy atom. The van der Waals surface area contributed by atoms with E-state index in [9.17, 15) is 22.8 Å². The molecule has 4 nitrogen and oxygen atoms in total. The number of halogens is 3. The molecular weight excluding hydrogens is 321 g/mol. The molecule has 7 heteroatoms. The first-order valence-electron chi connectivity index (χ1n) is 7.12. The van der Waals surface area contributed by atoms with Gasteiger partial charge in [0.1, 0.15) is 0 Å². The van der Waals surface area contributed by atoms with Gasteiger partial charge in [-0.15, -0.1) is 0 Å². The van der Waals surface area contributed by atoms with E-state index in [1.807, 2.05) is 6.07 Å². The molecule has 0 fully saturated rings. The van der Waals surface area contributed by atoms with Crippen LogP contribution in [0.3, 0.4) is 0 Å². The fourth-order valence-corrected chi connectivity index (χ4v) is 2.05. The molecule has 126 valence electrons. The lowest BCUT2D eigenvalue weighted by Crippen LogP contribution is -2.44. The fraction of sp³-hybridized carbons (Fsp3) is 0.176. The molecule has 0 spiro atoms. The number of hydrogen-bond acceptors (Lipinski definition) is 2. The number of hydrogen-bond donors (Lipinski definition) is 1. The molecule has 0 atom stereocenters. The SMILES string of the molecule is O=C(CNC(=O)C(F)(F)F)N(Cc1ccccc1)c1ccccc1. The van der Waals surface area contributed by atoms with Crippen LogP contribution in [-0.2, 0) is 16.1 Å². The van der Waals surface area contributed by atoms with Crippen molar-refractivity contribution >= 4 is 17.5 Å². The van der Waals surface area contributed by atoms with Crippen LogP contribution < -0.4 is 10.2 Å². The molecule has 0 aliphatic rings. The first kappa shape index (κ1) is 17.5. The zero-order valence-corrected chi connectivity index (χ0v) is 12.6. The van der Waals surface area contributed by atoms with Crippen LogP contribution in [0.15, 0.2) is 60.7 Å². The lowest BCUT2D eigenvalue weighted by molar-refractivity contribution is -0.173. The summed E-state index contributed by atoms with van der Waals surface area (Å²) in [4.78, 5) is 24.5. The number of anilines is 1. The maximum atomic E-state index is 12.3. The second-order valence-electron chi connectivity index (χ2n) is 4.98. The quantitative estimate of drug-likeness (QED) is 0.913. The van der Waals surface area contributed by atoms with Gasteiger partial charge in [0.2, 0.25) is 5.91 Å². The molecule has 24 heavy (non-hydrogen) atoms. The second-order valence-corrected chi connectivity index (χ2v) is 4.98. The van der Waals surface area contributed by atoms with Crippen LogP contribution in [0.2, 0.25) is 0 Å². The van der Waals surface area contributed by atoms with Crippen LogP contribution in [0.5, 0.6) is 0 Å². The van der Waals surface area contributed by atoms with E-state index in [1.54, 1.807) is 59.9 Å². The van der Waals surface area contributed by atoms with E-state index < -0.39 is 24.5 Å². The lowest BCUT2D eigenvalue weighted by atomic mass is 10.2. The summed E-state index contributed by atoms with van der Waals surface area (Å²) in [7, 11) is 0. The van der Waals surface area contributed by atoms with Gasteiger partial charge < -0.3 is 10.2 Å². The van der Waals surface area contributed by atoms with E-state index in [0.717, 1.165) is 5.56 Å². The van der Waals surface area contributed by atoms with Crippen molar-refractivity contribution in [2.24, 2.45) is 0 Å². The molecule has 2 aromatic carbocycles. The maximum Gasteiger partial charge on any atom is 0.471 e. The molecule has 0 bridgehead atoms. The zero-order valence-electron chi connectivity index (χ0n) is 12.6. The number of alkyl halides is 3. The Labute approximate surface area is 136 Å². The number of benzene rings is 2. The van der Waals surface area contributed by atoms with Crippen molar-refractivity contribution in [1.29, 1.82) is 0 Å². The number of para-hydroxylation sites is 1. The van der Waals surface area contributed by atoms with Crippen LogP contribution in [-0.4, -0.2) is 24.5 Å². The molecule has 0 saturated carbocycles.